The molecule has 142 valence electrons. The van der Waals surface area contributed by atoms with Gasteiger partial charge in [0.2, 0.25) is 0 Å². The van der Waals surface area contributed by atoms with E-state index in [1.165, 1.54) is 11.3 Å². The SMILES string of the molecule is O=C(NCC1COc2ccccc2O1)c1ccc(NC(=O)c2cccs2)cc1. The van der Waals surface area contributed by atoms with E-state index < -0.39 is 0 Å². The zero-order valence-electron chi connectivity index (χ0n) is 14.9. The Morgan fingerprint density at radius 3 is 2.50 bits per heavy atom. The van der Waals surface area contributed by atoms with Crippen LogP contribution in [0.2, 0.25) is 0 Å². The molecule has 0 bridgehead atoms. The third-order valence-electron chi connectivity index (χ3n) is 4.21. The van der Waals surface area contributed by atoms with Crippen molar-refractivity contribution in [2.45, 2.75) is 6.10 Å². The zero-order chi connectivity index (χ0) is 19.3. The van der Waals surface area contributed by atoms with E-state index >= 15 is 0 Å². The minimum atomic E-state index is -0.247. The number of benzene rings is 2. The van der Waals surface area contributed by atoms with Crippen molar-refractivity contribution in [2.24, 2.45) is 0 Å². The lowest BCUT2D eigenvalue weighted by Crippen LogP contribution is -2.40. The molecule has 1 atom stereocenters. The molecule has 2 heterocycles. The number of anilines is 1. The molecular formula is C21H18N2O4S. The molecule has 3 aromatic rings. The van der Waals surface area contributed by atoms with Crippen LogP contribution in [-0.4, -0.2) is 31.1 Å². The highest BCUT2D eigenvalue weighted by Crippen LogP contribution is 2.30. The van der Waals surface area contributed by atoms with E-state index in [0.29, 0.717) is 40.8 Å². The van der Waals surface area contributed by atoms with Crippen LogP contribution in [0.25, 0.3) is 0 Å². The number of ether oxygens (including phenoxy) is 2. The number of nitrogens with one attached hydrogen (secondary N) is 2. The summed E-state index contributed by atoms with van der Waals surface area (Å²) in [4.78, 5) is 25.1. The summed E-state index contributed by atoms with van der Waals surface area (Å²) in [6.45, 7) is 0.717. The summed E-state index contributed by atoms with van der Waals surface area (Å²) in [7, 11) is 0. The van der Waals surface area contributed by atoms with Gasteiger partial charge in [-0.05, 0) is 47.8 Å². The predicted octanol–water partition coefficient (Wildman–Crippen LogP) is 3.57. The van der Waals surface area contributed by atoms with Gasteiger partial charge in [0, 0.05) is 11.3 Å². The van der Waals surface area contributed by atoms with Crippen LogP contribution in [0, 0.1) is 0 Å². The number of carbonyl (C=O) groups excluding carboxylic acids is 2. The Morgan fingerprint density at radius 2 is 1.75 bits per heavy atom. The number of rotatable bonds is 5. The first-order valence-corrected chi connectivity index (χ1v) is 9.68. The summed E-state index contributed by atoms with van der Waals surface area (Å²) >= 11 is 1.38. The third kappa shape index (κ3) is 4.15. The Hall–Kier alpha value is -3.32. The maximum Gasteiger partial charge on any atom is 0.265 e. The number of thiophene rings is 1. The first kappa shape index (κ1) is 18.1. The van der Waals surface area contributed by atoms with Gasteiger partial charge in [-0.25, -0.2) is 0 Å². The van der Waals surface area contributed by atoms with Gasteiger partial charge in [0.05, 0.1) is 11.4 Å². The van der Waals surface area contributed by atoms with Crippen molar-refractivity contribution >= 4 is 28.8 Å². The van der Waals surface area contributed by atoms with Crippen LogP contribution in [0.3, 0.4) is 0 Å². The molecule has 0 aliphatic carbocycles. The number of para-hydroxylation sites is 2. The molecule has 1 aliphatic rings. The van der Waals surface area contributed by atoms with E-state index in [0.717, 1.165) is 0 Å². The van der Waals surface area contributed by atoms with E-state index in [1.807, 2.05) is 35.7 Å². The largest absolute Gasteiger partial charge is 0.486 e. The van der Waals surface area contributed by atoms with Crippen LogP contribution in [0.15, 0.2) is 66.0 Å². The first-order chi connectivity index (χ1) is 13.7. The average molecular weight is 394 g/mol. The van der Waals surface area contributed by atoms with Gasteiger partial charge >= 0.3 is 0 Å². The summed E-state index contributed by atoms with van der Waals surface area (Å²) in [6, 6.07) is 17.8. The Bertz CT molecular complexity index is 970. The number of carbonyl (C=O) groups is 2. The van der Waals surface area contributed by atoms with Crippen molar-refractivity contribution in [3.05, 3.63) is 76.5 Å². The molecule has 0 saturated heterocycles. The predicted molar refractivity (Wildman–Crippen MR) is 107 cm³/mol. The standard InChI is InChI=1S/C21H18N2O4S/c24-20(22-12-16-13-26-17-4-1-2-5-18(17)27-16)14-7-9-15(10-8-14)23-21(25)19-6-3-11-28-19/h1-11,16H,12-13H2,(H,22,24)(H,23,25). The van der Waals surface area contributed by atoms with Crippen LogP contribution >= 0.6 is 11.3 Å². The second-order valence-electron chi connectivity index (χ2n) is 6.22. The van der Waals surface area contributed by atoms with Gasteiger partial charge in [0.15, 0.2) is 11.5 Å². The van der Waals surface area contributed by atoms with E-state index in [4.69, 9.17) is 9.47 Å². The quantitative estimate of drug-likeness (QED) is 0.694. The van der Waals surface area contributed by atoms with Gasteiger partial charge in [-0.3, -0.25) is 9.59 Å². The van der Waals surface area contributed by atoms with Crippen molar-refractivity contribution in [1.82, 2.24) is 5.32 Å². The monoisotopic (exact) mass is 394 g/mol. The maximum absolute atomic E-state index is 12.4. The van der Waals surface area contributed by atoms with Gasteiger partial charge in [0.25, 0.3) is 11.8 Å². The normalized spacial score (nSPS) is 14.9. The molecule has 1 aromatic heterocycles. The molecule has 1 aliphatic heterocycles. The summed E-state index contributed by atoms with van der Waals surface area (Å²) in [5, 5.41) is 7.51. The lowest BCUT2D eigenvalue weighted by atomic mass is 10.2. The molecule has 0 spiro atoms. The number of hydrogen-bond donors (Lipinski definition) is 2. The van der Waals surface area contributed by atoms with E-state index in [2.05, 4.69) is 10.6 Å². The summed E-state index contributed by atoms with van der Waals surface area (Å²) in [5.41, 5.74) is 1.14. The van der Waals surface area contributed by atoms with Gasteiger partial charge in [0.1, 0.15) is 12.7 Å². The Kier molecular flexibility index (Phi) is 5.25. The fourth-order valence-corrected chi connectivity index (χ4v) is 3.40. The highest BCUT2D eigenvalue weighted by Gasteiger charge is 2.21. The van der Waals surface area contributed by atoms with Crippen LogP contribution in [0.1, 0.15) is 20.0 Å². The molecule has 0 fully saturated rings. The van der Waals surface area contributed by atoms with E-state index in [1.54, 1.807) is 30.3 Å². The van der Waals surface area contributed by atoms with Crippen molar-refractivity contribution in [3.63, 3.8) is 0 Å². The Labute approximate surface area is 166 Å². The summed E-state index contributed by atoms with van der Waals surface area (Å²) in [6.07, 6.45) is -0.247. The van der Waals surface area contributed by atoms with Crippen molar-refractivity contribution < 1.29 is 19.1 Å². The molecule has 0 radical (unpaired) electrons. The molecule has 2 N–H and O–H groups in total. The van der Waals surface area contributed by atoms with Crippen LogP contribution in [0.5, 0.6) is 11.5 Å². The molecule has 28 heavy (non-hydrogen) atoms. The van der Waals surface area contributed by atoms with Crippen molar-refractivity contribution in [1.29, 1.82) is 0 Å². The molecule has 6 nitrogen and oxygen atoms in total. The molecule has 1 unspecified atom stereocenters. The highest BCUT2D eigenvalue weighted by atomic mass is 32.1. The van der Waals surface area contributed by atoms with Gasteiger partial charge in [-0.2, -0.15) is 0 Å². The van der Waals surface area contributed by atoms with Crippen molar-refractivity contribution in [3.8, 4) is 11.5 Å². The average Bonchev–Trinajstić information content (AvgIpc) is 3.27. The molecule has 2 aromatic carbocycles. The van der Waals surface area contributed by atoms with E-state index in [-0.39, 0.29) is 17.9 Å². The number of amides is 2. The molecule has 2 amide bonds. The maximum atomic E-state index is 12.4. The van der Waals surface area contributed by atoms with Gasteiger partial charge in [-0.15, -0.1) is 11.3 Å². The third-order valence-corrected chi connectivity index (χ3v) is 5.08. The van der Waals surface area contributed by atoms with Crippen LogP contribution < -0.4 is 20.1 Å². The van der Waals surface area contributed by atoms with Crippen LogP contribution in [0.4, 0.5) is 5.69 Å². The minimum Gasteiger partial charge on any atom is -0.486 e. The Morgan fingerprint density at radius 1 is 0.964 bits per heavy atom. The fourth-order valence-electron chi connectivity index (χ4n) is 2.78. The summed E-state index contributed by atoms with van der Waals surface area (Å²) in [5.74, 6) is 1.02. The fraction of sp³-hybridized carbons (Fsp3) is 0.143. The smallest absolute Gasteiger partial charge is 0.265 e. The van der Waals surface area contributed by atoms with Gasteiger partial charge < -0.3 is 20.1 Å². The van der Waals surface area contributed by atoms with Crippen LogP contribution in [-0.2, 0) is 0 Å². The molecular weight excluding hydrogens is 376 g/mol. The Balaban J connectivity index is 1.30. The molecule has 4 rings (SSSR count). The first-order valence-electron chi connectivity index (χ1n) is 8.80. The molecule has 7 heteroatoms. The lowest BCUT2D eigenvalue weighted by molar-refractivity contribution is 0.0789. The van der Waals surface area contributed by atoms with E-state index in [9.17, 15) is 9.59 Å². The summed E-state index contributed by atoms with van der Waals surface area (Å²) < 4.78 is 11.5. The highest BCUT2D eigenvalue weighted by molar-refractivity contribution is 7.12. The number of hydrogen-bond acceptors (Lipinski definition) is 5. The second-order valence-corrected chi connectivity index (χ2v) is 7.16. The van der Waals surface area contributed by atoms with Gasteiger partial charge in [-0.1, -0.05) is 18.2 Å². The van der Waals surface area contributed by atoms with Crippen molar-refractivity contribution in [2.75, 3.05) is 18.5 Å². The number of fused-ring (bicyclic) bond motifs is 1. The minimum absolute atomic E-state index is 0.165. The lowest BCUT2D eigenvalue weighted by Gasteiger charge is -2.26. The topological polar surface area (TPSA) is 76.7 Å². The second kappa shape index (κ2) is 8.14. The molecule has 0 saturated carbocycles. The zero-order valence-corrected chi connectivity index (χ0v) is 15.7.